The molecule has 23 heavy (non-hydrogen) atoms. The van der Waals surface area contributed by atoms with E-state index in [-0.39, 0.29) is 17.6 Å². The predicted octanol–water partition coefficient (Wildman–Crippen LogP) is 2.83. The van der Waals surface area contributed by atoms with Crippen LogP contribution in [-0.2, 0) is 21.5 Å². The van der Waals surface area contributed by atoms with Gasteiger partial charge in [-0.25, -0.2) is 0 Å². The van der Waals surface area contributed by atoms with Crippen molar-refractivity contribution in [1.29, 1.82) is 0 Å². The number of aliphatic hydroxyl groups excluding tert-OH is 1. The van der Waals surface area contributed by atoms with Gasteiger partial charge in [-0.15, -0.1) is 0 Å². The maximum atomic E-state index is 10.5. The standard InChI is InChI=1S/C10H14O2.C7H8O3S/c1-9(7-11)12-8-10-5-3-2-4-6-10;1-6-2-4-7(5-3-6)11(8,9)10/h2-6,9,11H,7-8H2,1H3;2-5H,1H3,(H,8,9,10)/t9-;/m0./s1. The molecule has 0 bridgehead atoms. The lowest BCUT2D eigenvalue weighted by Gasteiger charge is -2.09. The maximum absolute atomic E-state index is 10.5. The molecule has 0 spiro atoms. The Morgan fingerprint density at radius 3 is 2.09 bits per heavy atom. The van der Waals surface area contributed by atoms with E-state index in [0.29, 0.717) is 6.61 Å². The number of hydrogen-bond donors (Lipinski definition) is 2. The van der Waals surface area contributed by atoms with Gasteiger partial charge < -0.3 is 9.84 Å². The highest BCUT2D eigenvalue weighted by molar-refractivity contribution is 7.85. The summed E-state index contributed by atoms with van der Waals surface area (Å²) in [5.74, 6) is 0. The van der Waals surface area contributed by atoms with Gasteiger partial charge in [0.2, 0.25) is 0 Å². The second-order valence-corrected chi connectivity index (χ2v) is 6.50. The minimum Gasteiger partial charge on any atom is -0.394 e. The lowest BCUT2D eigenvalue weighted by molar-refractivity contribution is 0.0145. The molecule has 5 nitrogen and oxygen atoms in total. The molecule has 0 aliphatic carbocycles. The first kappa shape index (κ1) is 19.3. The Hall–Kier alpha value is -1.73. The van der Waals surface area contributed by atoms with Crippen molar-refractivity contribution in [3.8, 4) is 0 Å². The monoisotopic (exact) mass is 338 g/mol. The molecule has 2 N–H and O–H groups in total. The Kier molecular flexibility index (Phi) is 7.91. The fourth-order valence-electron chi connectivity index (χ4n) is 1.58. The molecule has 1 atom stereocenters. The number of benzene rings is 2. The largest absolute Gasteiger partial charge is 0.394 e. The van der Waals surface area contributed by atoms with E-state index in [1.54, 1.807) is 12.1 Å². The zero-order valence-electron chi connectivity index (χ0n) is 13.2. The van der Waals surface area contributed by atoms with Gasteiger partial charge in [-0.2, -0.15) is 8.42 Å². The van der Waals surface area contributed by atoms with Crippen LogP contribution in [0.5, 0.6) is 0 Å². The zero-order valence-corrected chi connectivity index (χ0v) is 14.0. The summed E-state index contributed by atoms with van der Waals surface area (Å²) in [4.78, 5) is -0.0666. The minimum atomic E-state index is -4.02. The van der Waals surface area contributed by atoms with Crippen molar-refractivity contribution in [1.82, 2.24) is 0 Å². The van der Waals surface area contributed by atoms with Gasteiger partial charge >= 0.3 is 0 Å². The molecule has 0 fully saturated rings. The quantitative estimate of drug-likeness (QED) is 0.819. The highest BCUT2D eigenvalue weighted by atomic mass is 32.2. The van der Waals surface area contributed by atoms with Crippen molar-refractivity contribution < 1.29 is 22.8 Å². The molecule has 0 aromatic heterocycles. The van der Waals surface area contributed by atoms with Crippen LogP contribution >= 0.6 is 0 Å². The van der Waals surface area contributed by atoms with Crippen LogP contribution in [0.2, 0.25) is 0 Å². The van der Waals surface area contributed by atoms with Gasteiger partial charge in [0.25, 0.3) is 10.1 Å². The van der Waals surface area contributed by atoms with Crippen LogP contribution in [0.25, 0.3) is 0 Å². The zero-order chi connectivity index (χ0) is 17.3. The van der Waals surface area contributed by atoms with Crippen LogP contribution in [0.1, 0.15) is 18.1 Å². The number of hydrogen-bond acceptors (Lipinski definition) is 4. The number of aryl methyl sites for hydroxylation is 1. The van der Waals surface area contributed by atoms with Crippen molar-refractivity contribution >= 4 is 10.1 Å². The Morgan fingerprint density at radius 2 is 1.61 bits per heavy atom. The summed E-state index contributed by atoms with van der Waals surface area (Å²) in [6.07, 6.45) is -0.0785. The average molecular weight is 338 g/mol. The van der Waals surface area contributed by atoms with Crippen molar-refractivity contribution in [2.45, 2.75) is 31.5 Å². The van der Waals surface area contributed by atoms with E-state index in [1.165, 1.54) is 12.1 Å². The van der Waals surface area contributed by atoms with Crippen LogP contribution in [0, 0.1) is 6.92 Å². The summed E-state index contributed by atoms with van der Waals surface area (Å²) in [6.45, 7) is 4.34. The van der Waals surface area contributed by atoms with E-state index in [0.717, 1.165) is 11.1 Å². The van der Waals surface area contributed by atoms with Crippen LogP contribution in [0.4, 0.5) is 0 Å². The van der Waals surface area contributed by atoms with Gasteiger partial charge in [0.15, 0.2) is 0 Å². The summed E-state index contributed by atoms with van der Waals surface area (Å²) in [7, 11) is -4.02. The molecule has 0 unspecified atom stereocenters. The molecule has 0 amide bonds. The lowest BCUT2D eigenvalue weighted by atomic mass is 10.2. The fraction of sp³-hybridized carbons (Fsp3) is 0.294. The molecular formula is C17H22O5S. The van der Waals surface area contributed by atoms with Gasteiger partial charge in [-0.1, -0.05) is 48.0 Å². The Labute approximate surface area is 137 Å². The summed E-state index contributed by atoms with van der Waals surface area (Å²) in [6, 6.07) is 15.9. The average Bonchev–Trinajstić information content (AvgIpc) is 2.53. The molecule has 0 aliphatic heterocycles. The Balaban J connectivity index is 0.000000231. The van der Waals surface area contributed by atoms with Crippen LogP contribution in [-0.4, -0.2) is 30.8 Å². The predicted molar refractivity (Wildman–Crippen MR) is 88.8 cm³/mol. The van der Waals surface area contributed by atoms with Gasteiger partial charge in [-0.3, -0.25) is 4.55 Å². The molecule has 0 saturated carbocycles. The second kappa shape index (κ2) is 9.42. The maximum Gasteiger partial charge on any atom is 0.294 e. The molecule has 0 heterocycles. The molecule has 0 saturated heterocycles. The van der Waals surface area contributed by atoms with Crippen LogP contribution in [0.3, 0.4) is 0 Å². The molecule has 6 heteroatoms. The third-order valence-electron chi connectivity index (χ3n) is 2.95. The van der Waals surface area contributed by atoms with Gasteiger partial charge in [0.1, 0.15) is 0 Å². The Bertz CT molecular complexity index is 666. The summed E-state index contributed by atoms with van der Waals surface area (Å²) in [5.41, 5.74) is 2.09. The van der Waals surface area contributed by atoms with Crippen molar-refractivity contribution in [3.63, 3.8) is 0 Å². The minimum absolute atomic E-state index is 0.0666. The fourth-order valence-corrected chi connectivity index (χ4v) is 2.06. The third-order valence-corrected chi connectivity index (χ3v) is 3.82. The number of aliphatic hydroxyl groups is 1. The van der Waals surface area contributed by atoms with Crippen LogP contribution in [0.15, 0.2) is 59.5 Å². The molecule has 2 rings (SSSR count). The summed E-state index contributed by atoms with van der Waals surface area (Å²) >= 11 is 0. The van der Waals surface area contributed by atoms with Gasteiger partial charge in [-0.05, 0) is 31.5 Å². The van der Waals surface area contributed by atoms with E-state index in [1.807, 2.05) is 44.2 Å². The molecule has 0 radical (unpaired) electrons. The van der Waals surface area contributed by atoms with E-state index < -0.39 is 10.1 Å². The smallest absolute Gasteiger partial charge is 0.294 e. The van der Waals surface area contributed by atoms with Crippen molar-refractivity contribution in [2.75, 3.05) is 6.61 Å². The number of ether oxygens (including phenoxy) is 1. The SMILES string of the molecule is C[C@@H](CO)OCc1ccccc1.Cc1ccc(S(=O)(=O)O)cc1. The van der Waals surface area contributed by atoms with Gasteiger partial charge in [0.05, 0.1) is 24.2 Å². The van der Waals surface area contributed by atoms with E-state index >= 15 is 0 Å². The third kappa shape index (κ3) is 7.90. The first-order chi connectivity index (χ1) is 10.8. The highest BCUT2D eigenvalue weighted by Crippen LogP contribution is 2.08. The molecule has 2 aromatic carbocycles. The summed E-state index contributed by atoms with van der Waals surface area (Å²) < 4.78 is 34.9. The Morgan fingerprint density at radius 1 is 1.04 bits per heavy atom. The second-order valence-electron chi connectivity index (χ2n) is 5.08. The first-order valence-corrected chi connectivity index (χ1v) is 8.57. The van der Waals surface area contributed by atoms with Crippen LogP contribution < -0.4 is 0 Å². The highest BCUT2D eigenvalue weighted by Gasteiger charge is 2.06. The van der Waals surface area contributed by atoms with Crippen molar-refractivity contribution in [2.24, 2.45) is 0 Å². The molecule has 0 aliphatic rings. The van der Waals surface area contributed by atoms with E-state index in [2.05, 4.69) is 0 Å². The van der Waals surface area contributed by atoms with E-state index in [4.69, 9.17) is 14.4 Å². The molecule has 126 valence electrons. The van der Waals surface area contributed by atoms with Gasteiger partial charge in [0, 0.05) is 0 Å². The molecule has 2 aromatic rings. The van der Waals surface area contributed by atoms with E-state index in [9.17, 15) is 8.42 Å². The lowest BCUT2D eigenvalue weighted by Crippen LogP contribution is -2.12. The van der Waals surface area contributed by atoms with Crippen molar-refractivity contribution in [3.05, 3.63) is 65.7 Å². The number of rotatable bonds is 5. The molecular weight excluding hydrogens is 316 g/mol. The first-order valence-electron chi connectivity index (χ1n) is 7.13. The topological polar surface area (TPSA) is 83.8 Å². The summed E-state index contributed by atoms with van der Waals surface area (Å²) in [5, 5.41) is 8.69. The normalized spacial score (nSPS) is 12.2.